The summed E-state index contributed by atoms with van der Waals surface area (Å²) in [6.45, 7) is 1.41. The topological polar surface area (TPSA) is 57.2 Å². The van der Waals surface area contributed by atoms with Gasteiger partial charge in [-0.25, -0.2) is 0 Å². The number of aliphatic hydroxyl groups is 1. The van der Waals surface area contributed by atoms with Crippen LogP contribution in [-0.4, -0.2) is 36.3 Å². The predicted octanol–water partition coefficient (Wildman–Crippen LogP) is 4.67. The summed E-state index contributed by atoms with van der Waals surface area (Å²) in [6, 6.07) is 29.8. The largest absolute Gasteiger partial charge is 0.368 e. The molecule has 6 heteroatoms. The van der Waals surface area contributed by atoms with E-state index in [0.717, 1.165) is 16.7 Å². The minimum atomic E-state index is -1.08. The van der Waals surface area contributed by atoms with Crippen LogP contribution in [-0.2, 0) is 38.8 Å². The molecule has 4 rings (SSSR count). The van der Waals surface area contributed by atoms with Crippen LogP contribution in [0.1, 0.15) is 16.7 Å². The summed E-state index contributed by atoms with van der Waals surface area (Å²) < 4.78 is 24.1. The number of aliphatic hydroxyl groups excluding tert-OH is 1. The molecule has 1 aliphatic heterocycles. The fourth-order valence-corrected chi connectivity index (χ4v) is 3.59. The molecule has 4 atom stereocenters. The number of hydrogen-bond acceptors (Lipinski definition) is 5. The first-order chi connectivity index (χ1) is 15.3. The van der Waals surface area contributed by atoms with E-state index in [4.69, 9.17) is 18.9 Å². The van der Waals surface area contributed by atoms with E-state index in [1.807, 2.05) is 91.0 Å². The SMILES string of the molecule is Br.OC1OC[C@@H](OCc2ccccc2)[C@H](OCc2ccccc2)[C@H]1OCc1ccccc1. The summed E-state index contributed by atoms with van der Waals surface area (Å²) in [5, 5.41) is 10.5. The molecule has 1 heterocycles. The summed E-state index contributed by atoms with van der Waals surface area (Å²) >= 11 is 0. The minimum Gasteiger partial charge on any atom is -0.368 e. The van der Waals surface area contributed by atoms with Gasteiger partial charge in [0.25, 0.3) is 0 Å². The van der Waals surface area contributed by atoms with E-state index in [9.17, 15) is 5.11 Å². The van der Waals surface area contributed by atoms with Crippen LogP contribution in [0.15, 0.2) is 91.0 Å². The summed E-state index contributed by atoms with van der Waals surface area (Å²) in [5.74, 6) is 0. The highest BCUT2D eigenvalue weighted by Gasteiger charge is 2.42. The third-order valence-corrected chi connectivity index (χ3v) is 5.28. The lowest BCUT2D eigenvalue weighted by Gasteiger charge is -2.40. The quantitative estimate of drug-likeness (QED) is 0.462. The monoisotopic (exact) mass is 500 g/mol. The highest BCUT2D eigenvalue weighted by Crippen LogP contribution is 2.25. The summed E-state index contributed by atoms with van der Waals surface area (Å²) in [4.78, 5) is 0. The minimum absolute atomic E-state index is 0. The normalized spacial score (nSPS) is 22.8. The Labute approximate surface area is 199 Å². The van der Waals surface area contributed by atoms with Crippen LogP contribution in [0.2, 0.25) is 0 Å². The van der Waals surface area contributed by atoms with Crippen LogP contribution in [0.4, 0.5) is 0 Å². The van der Waals surface area contributed by atoms with Gasteiger partial charge in [0, 0.05) is 0 Å². The second-order valence-electron chi connectivity index (χ2n) is 7.58. The Morgan fingerprint density at radius 3 is 1.50 bits per heavy atom. The van der Waals surface area contributed by atoms with E-state index in [0.29, 0.717) is 19.8 Å². The lowest BCUT2D eigenvalue weighted by atomic mass is 10.0. The lowest BCUT2D eigenvalue weighted by Crippen LogP contribution is -2.56. The number of rotatable bonds is 9. The highest BCUT2D eigenvalue weighted by atomic mass is 79.9. The van der Waals surface area contributed by atoms with Crippen molar-refractivity contribution in [3.8, 4) is 0 Å². The molecule has 1 aliphatic rings. The standard InChI is InChI=1S/C26H28O5.BrH/c27-26-25(30-18-22-14-8-3-9-15-22)24(29-17-21-12-6-2-7-13-21)23(19-31-26)28-16-20-10-4-1-5-11-20;/h1-15,23-27H,16-19H2;1H/t23-,24+,25-,26?;/m1./s1. The molecule has 0 radical (unpaired) electrons. The van der Waals surface area contributed by atoms with E-state index < -0.39 is 18.5 Å². The maximum absolute atomic E-state index is 10.5. The highest BCUT2D eigenvalue weighted by molar-refractivity contribution is 8.93. The average molecular weight is 501 g/mol. The molecule has 5 nitrogen and oxygen atoms in total. The molecule has 1 fully saturated rings. The zero-order chi connectivity index (χ0) is 21.3. The van der Waals surface area contributed by atoms with E-state index in [-0.39, 0.29) is 29.7 Å². The van der Waals surface area contributed by atoms with E-state index in [1.54, 1.807) is 0 Å². The number of benzene rings is 3. The van der Waals surface area contributed by atoms with Crippen LogP contribution >= 0.6 is 17.0 Å². The molecule has 1 N–H and O–H groups in total. The molecule has 0 saturated carbocycles. The number of ether oxygens (including phenoxy) is 4. The van der Waals surface area contributed by atoms with Crippen LogP contribution in [0, 0.1) is 0 Å². The molecular formula is C26H29BrO5. The Kier molecular flexibility index (Phi) is 9.87. The molecular weight excluding hydrogens is 472 g/mol. The van der Waals surface area contributed by atoms with E-state index >= 15 is 0 Å². The smallest absolute Gasteiger partial charge is 0.183 e. The van der Waals surface area contributed by atoms with Crippen molar-refractivity contribution in [1.82, 2.24) is 0 Å². The van der Waals surface area contributed by atoms with Crippen molar-refractivity contribution in [3.63, 3.8) is 0 Å². The van der Waals surface area contributed by atoms with Gasteiger partial charge in [-0.15, -0.1) is 17.0 Å². The van der Waals surface area contributed by atoms with Crippen molar-refractivity contribution in [1.29, 1.82) is 0 Å². The fourth-order valence-electron chi connectivity index (χ4n) is 3.59. The van der Waals surface area contributed by atoms with Crippen LogP contribution < -0.4 is 0 Å². The zero-order valence-corrected chi connectivity index (χ0v) is 19.5. The van der Waals surface area contributed by atoms with Gasteiger partial charge in [0.2, 0.25) is 0 Å². The Morgan fingerprint density at radius 1 is 0.625 bits per heavy atom. The first-order valence-corrected chi connectivity index (χ1v) is 10.6. The van der Waals surface area contributed by atoms with Gasteiger partial charge in [0.15, 0.2) is 6.29 Å². The van der Waals surface area contributed by atoms with Crippen molar-refractivity contribution in [2.75, 3.05) is 6.61 Å². The third-order valence-electron chi connectivity index (χ3n) is 5.28. The second kappa shape index (κ2) is 12.8. The van der Waals surface area contributed by atoms with Crippen LogP contribution in [0.3, 0.4) is 0 Å². The van der Waals surface area contributed by atoms with Crippen LogP contribution in [0.25, 0.3) is 0 Å². The maximum Gasteiger partial charge on any atom is 0.183 e. The van der Waals surface area contributed by atoms with Gasteiger partial charge in [-0.1, -0.05) is 91.0 Å². The molecule has 1 unspecified atom stereocenters. The molecule has 0 aromatic heterocycles. The molecule has 1 saturated heterocycles. The van der Waals surface area contributed by atoms with Gasteiger partial charge in [-0.2, -0.15) is 0 Å². The van der Waals surface area contributed by atoms with Crippen molar-refractivity contribution in [2.45, 2.75) is 44.4 Å². The summed E-state index contributed by atoms with van der Waals surface area (Å²) in [5.41, 5.74) is 3.13. The lowest BCUT2D eigenvalue weighted by molar-refractivity contribution is -0.286. The maximum atomic E-state index is 10.5. The Bertz CT molecular complexity index is 894. The summed E-state index contributed by atoms with van der Waals surface area (Å²) in [7, 11) is 0. The Hall–Kier alpha value is -2.06. The molecule has 0 amide bonds. The number of halogens is 1. The molecule has 0 aliphatic carbocycles. The van der Waals surface area contributed by atoms with Gasteiger partial charge in [-0.3, -0.25) is 0 Å². The first kappa shape index (κ1) is 24.6. The third kappa shape index (κ3) is 6.97. The molecule has 3 aromatic carbocycles. The van der Waals surface area contributed by atoms with Crippen molar-refractivity contribution < 1.29 is 24.1 Å². The van der Waals surface area contributed by atoms with Crippen molar-refractivity contribution in [3.05, 3.63) is 108 Å². The van der Waals surface area contributed by atoms with Gasteiger partial charge < -0.3 is 24.1 Å². The molecule has 32 heavy (non-hydrogen) atoms. The van der Waals surface area contributed by atoms with Crippen molar-refractivity contribution in [2.24, 2.45) is 0 Å². The van der Waals surface area contributed by atoms with E-state index in [2.05, 4.69) is 0 Å². The second-order valence-corrected chi connectivity index (χ2v) is 7.58. The molecule has 0 bridgehead atoms. The molecule has 3 aromatic rings. The predicted molar refractivity (Wildman–Crippen MR) is 127 cm³/mol. The average Bonchev–Trinajstić information content (AvgIpc) is 2.83. The van der Waals surface area contributed by atoms with Crippen LogP contribution in [0.5, 0.6) is 0 Å². The number of hydrogen-bond donors (Lipinski definition) is 1. The van der Waals surface area contributed by atoms with Gasteiger partial charge in [0.1, 0.15) is 18.3 Å². The molecule has 0 spiro atoms. The molecule has 170 valence electrons. The zero-order valence-electron chi connectivity index (χ0n) is 17.8. The fraction of sp³-hybridized carbons (Fsp3) is 0.308. The Morgan fingerprint density at radius 2 is 1.03 bits per heavy atom. The summed E-state index contributed by atoms with van der Waals surface area (Å²) in [6.07, 6.45) is -2.59. The van der Waals surface area contributed by atoms with Gasteiger partial charge in [-0.05, 0) is 16.7 Å². The first-order valence-electron chi connectivity index (χ1n) is 10.6. The van der Waals surface area contributed by atoms with Gasteiger partial charge in [0.05, 0.1) is 26.4 Å². The van der Waals surface area contributed by atoms with E-state index in [1.165, 1.54) is 0 Å². The van der Waals surface area contributed by atoms with Gasteiger partial charge >= 0.3 is 0 Å². The Balaban J connectivity index is 0.00000289. The van der Waals surface area contributed by atoms with Crippen molar-refractivity contribution >= 4 is 17.0 Å².